The second-order valence-corrected chi connectivity index (χ2v) is 7.95. The normalized spacial score (nSPS) is 17.2. The second kappa shape index (κ2) is 6.74. The third-order valence-corrected chi connectivity index (χ3v) is 6.30. The molecule has 1 aliphatic heterocycles. The van der Waals surface area contributed by atoms with E-state index in [9.17, 15) is 12.8 Å². The molecule has 5 nitrogen and oxygen atoms in total. The van der Waals surface area contributed by atoms with E-state index < -0.39 is 16.9 Å². The van der Waals surface area contributed by atoms with Crippen LogP contribution in [0.5, 0.6) is 0 Å². The van der Waals surface area contributed by atoms with Gasteiger partial charge < -0.3 is 4.98 Å². The van der Waals surface area contributed by atoms with E-state index in [1.807, 2.05) is 6.07 Å². The number of aromatic nitrogens is 1. The minimum absolute atomic E-state index is 0.157. The maximum absolute atomic E-state index is 13.0. The maximum Gasteiger partial charge on any atom is 0.304 e. The predicted molar refractivity (Wildman–Crippen MR) is 95.4 cm³/mol. The summed E-state index contributed by atoms with van der Waals surface area (Å²) >= 11 is 6.33. The van der Waals surface area contributed by atoms with Crippen LogP contribution in [0.4, 0.5) is 10.1 Å². The highest BCUT2D eigenvalue weighted by Crippen LogP contribution is 2.40. The highest BCUT2D eigenvalue weighted by Gasteiger charge is 2.37. The van der Waals surface area contributed by atoms with E-state index in [1.54, 1.807) is 18.3 Å². The Balaban J connectivity index is 2.12. The first-order chi connectivity index (χ1) is 11.5. The Hall–Kier alpha value is -1.57. The van der Waals surface area contributed by atoms with Crippen LogP contribution in [0.3, 0.4) is 0 Å². The first-order valence-corrected chi connectivity index (χ1v) is 9.51. The summed E-state index contributed by atoms with van der Waals surface area (Å²) in [5.74, 6) is 0. The molecule has 24 heavy (non-hydrogen) atoms. The number of hydrogen-bond acceptors (Lipinski definition) is 2. The van der Waals surface area contributed by atoms with Crippen LogP contribution >= 0.6 is 11.6 Å². The first kappa shape index (κ1) is 17.3. The highest BCUT2D eigenvalue weighted by atomic mass is 35.5. The van der Waals surface area contributed by atoms with Crippen molar-refractivity contribution < 1.29 is 12.8 Å². The molecule has 2 aromatic rings. The van der Waals surface area contributed by atoms with E-state index in [0.717, 1.165) is 10.9 Å². The zero-order chi connectivity index (χ0) is 17.3. The monoisotopic (exact) mass is 371 g/mol. The van der Waals surface area contributed by atoms with E-state index in [1.165, 1.54) is 8.61 Å². The molecular weight excluding hydrogens is 353 g/mol. The van der Waals surface area contributed by atoms with Crippen LogP contribution in [0.2, 0.25) is 5.02 Å². The zero-order valence-electron chi connectivity index (χ0n) is 13.1. The van der Waals surface area contributed by atoms with Gasteiger partial charge in [-0.3, -0.25) is 8.70 Å². The highest BCUT2D eigenvalue weighted by molar-refractivity contribution is 7.90. The van der Waals surface area contributed by atoms with Crippen LogP contribution < -0.4 is 4.31 Å². The molecule has 8 heteroatoms. The summed E-state index contributed by atoms with van der Waals surface area (Å²) < 4.78 is 41.0. The maximum atomic E-state index is 13.0. The molecule has 0 saturated heterocycles. The summed E-state index contributed by atoms with van der Waals surface area (Å²) in [5.41, 5.74) is 2.14. The second-order valence-electron chi connectivity index (χ2n) is 5.69. The molecule has 0 amide bonds. The first-order valence-electron chi connectivity index (χ1n) is 7.74. The van der Waals surface area contributed by atoms with E-state index in [-0.39, 0.29) is 19.6 Å². The van der Waals surface area contributed by atoms with Crippen molar-refractivity contribution in [2.45, 2.75) is 19.4 Å². The Labute approximate surface area is 145 Å². The van der Waals surface area contributed by atoms with Crippen molar-refractivity contribution in [3.63, 3.8) is 0 Å². The van der Waals surface area contributed by atoms with Gasteiger partial charge in [0.1, 0.15) is 0 Å². The van der Waals surface area contributed by atoms with Gasteiger partial charge in [0.2, 0.25) is 0 Å². The Bertz CT molecular complexity index is 866. The molecule has 0 atom stereocenters. The Morgan fingerprint density at radius 1 is 1.42 bits per heavy atom. The lowest BCUT2D eigenvalue weighted by Gasteiger charge is -2.37. The lowest BCUT2D eigenvalue weighted by Crippen LogP contribution is -2.48. The summed E-state index contributed by atoms with van der Waals surface area (Å²) in [4.78, 5) is 3.09. The van der Waals surface area contributed by atoms with Gasteiger partial charge >= 0.3 is 10.2 Å². The number of nitrogens with zero attached hydrogens (tertiary/aromatic N) is 2. The molecular formula is C16H19ClFN3O2S. The number of hydrogen-bond donors (Lipinski definition) is 1. The molecule has 0 aliphatic carbocycles. The lowest BCUT2D eigenvalue weighted by atomic mass is 10.1. The quantitative estimate of drug-likeness (QED) is 0.622. The number of halogens is 2. The van der Waals surface area contributed by atoms with E-state index >= 15 is 0 Å². The van der Waals surface area contributed by atoms with E-state index in [0.29, 0.717) is 29.1 Å². The van der Waals surface area contributed by atoms with Gasteiger partial charge in [-0.05, 0) is 30.5 Å². The van der Waals surface area contributed by atoms with Crippen LogP contribution in [0.1, 0.15) is 18.4 Å². The molecule has 0 saturated carbocycles. The molecule has 1 aliphatic rings. The number of alkyl halides is 1. The molecule has 0 radical (unpaired) electrons. The van der Waals surface area contributed by atoms with Gasteiger partial charge in [-0.15, -0.1) is 6.58 Å². The molecule has 2 heterocycles. The number of aromatic amines is 1. The van der Waals surface area contributed by atoms with Gasteiger partial charge in [-0.25, -0.2) is 0 Å². The number of anilines is 1. The largest absolute Gasteiger partial charge is 0.359 e. The minimum atomic E-state index is -3.69. The fourth-order valence-corrected chi connectivity index (χ4v) is 5.00. The molecule has 1 aromatic heterocycles. The van der Waals surface area contributed by atoms with Crippen LogP contribution in [-0.2, 0) is 16.8 Å². The fraction of sp³-hybridized carbons (Fsp3) is 0.375. The predicted octanol–water partition coefficient (Wildman–Crippen LogP) is 3.62. The number of H-pyrrole nitrogens is 1. The Morgan fingerprint density at radius 2 is 2.21 bits per heavy atom. The Morgan fingerprint density at radius 3 is 2.92 bits per heavy atom. The summed E-state index contributed by atoms with van der Waals surface area (Å²) in [6.45, 7) is 3.88. The van der Waals surface area contributed by atoms with Crippen molar-refractivity contribution >= 4 is 38.4 Å². The van der Waals surface area contributed by atoms with Crippen molar-refractivity contribution in [3.8, 4) is 0 Å². The van der Waals surface area contributed by atoms with Gasteiger partial charge in [-0.1, -0.05) is 17.7 Å². The topological polar surface area (TPSA) is 56.4 Å². The third-order valence-electron chi connectivity index (χ3n) is 4.13. The molecule has 3 rings (SSSR count). The SMILES string of the molecule is C=CCN1c2c(cc(Cl)c3cc[nH]c23)CN(CCCCF)S1(=O)=O. The summed E-state index contributed by atoms with van der Waals surface area (Å²) in [6.07, 6.45) is 4.11. The van der Waals surface area contributed by atoms with Crippen molar-refractivity contribution in [2.24, 2.45) is 0 Å². The van der Waals surface area contributed by atoms with Gasteiger partial charge in [0.25, 0.3) is 0 Å². The number of fused-ring (bicyclic) bond motifs is 3. The van der Waals surface area contributed by atoms with Gasteiger partial charge in [-0.2, -0.15) is 12.7 Å². The van der Waals surface area contributed by atoms with Crippen molar-refractivity contribution in [1.82, 2.24) is 9.29 Å². The fourth-order valence-electron chi connectivity index (χ4n) is 3.04. The van der Waals surface area contributed by atoms with E-state index in [4.69, 9.17) is 11.6 Å². The average Bonchev–Trinajstić information content (AvgIpc) is 3.02. The lowest BCUT2D eigenvalue weighted by molar-refractivity contribution is 0.371. The zero-order valence-corrected chi connectivity index (χ0v) is 14.7. The molecule has 1 N–H and O–H groups in total. The number of rotatable bonds is 6. The molecule has 130 valence electrons. The number of nitrogens with one attached hydrogen (secondary N) is 1. The molecule has 0 spiro atoms. The molecule has 0 fully saturated rings. The van der Waals surface area contributed by atoms with Crippen LogP contribution in [0.15, 0.2) is 31.0 Å². The average molecular weight is 372 g/mol. The molecule has 0 bridgehead atoms. The van der Waals surface area contributed by atoms with Crippen LogP contribution in [0, 0.1) is 0 Å². The molecule has 1 aromatic carbocycles. The van der Waals surface area contributed by atoms with E-state index in [2.05, 4.69) is 11.6 Å². The number of benzene rings is 1. The third kappa shape index (κ3) is 2.81. The standard InChI is InChI=1S/C16H19ClFN3O2S/c1-2-8-21-16-12(10-14(17)13-5-7-19-15(13)16)11-20(24(21,22)23)9-4-3-6-18/h2,5,7,10,19H,1,3-4,6,8-9,11H2. The van der Waals surface area contributed by atoms with Crippen LogP contribution in [-0.4, -0.2) is 37.5 Å². The summed E-state index contributed by atoms with van der Waals surface area (Å²) in [5, 5.41) is 1.36. The summed E-state index contributed by atoms with van der Waals surface area (Å²) in [7, 11) is -3.69. The molecule has 0 unspecified atom stereocenters. The minimum Gasteiger partial charge on any atom is -0.359 e. The van der Waals surface area contributed by atoms with Crippen molar-refractivity contribution in [1.29, 1.82) is 0 Å². The number of unbranched alkanes of at least 4 members (excludes halogenated alkanes) is 1. The van der Waals surface area contributed by atoms with Gasteiger partial charge in [0, 0.05) is 24.7 Å². The Kier molecular flexibility index (Phi) is 4.85. The smallest absolute Gasteiger partial charge is 0.304 e. The van der Waals surface area contributed by atoms with Gasteiger partial charge in [0.15, 0.2) is 0 Å². The van der Waals surface area contributed by atoms with Crippen LogP contribution in [0.25, 0.3) is 10.9 Å². The van der Waals surface area contributed by atoms with Gasteiger partial charge in [0.05, 0.1) is 29.4 Å². The summed E-state index contributed by atoms with van der Waals surface area (Å²) in [6, 6.07) is 3.63. The van der Waals surface area contributed by atoms with Crippen molar-refractivity contribution in [3.05, 3.63) is 41.6 Å². The van der Waals surface area contributed by atoms with Crippen molar-refractivity contribution in [2.75, 3.05) is 24.1 Å².